The number of halogens is 6. The van der Waals surface area contributed by atoms with Crippen molar-refractivity contribution in [2.45, 2.75) is 68.6 Å². The zero-order valence-corrected chi connectivity index (χ0v) is 35.2. The molecule has 0 spiro atoms. The number of rotatable bonds is 2. The molecular formula is C54H36F6N4. The number of para-hydroxylation sites is 2. The second-order valence-corrected chi connectivity index (χ2v) is 19.1. The summed E-state index contributed by atoms with van der Waals surface area (Å²) in [5.74, 6) is -17.0. The summed E-state index contributed by atoms with van der Waals surface area (Å²) in [6, 6.07) is 32.6. The highest BCUT2D eigenvalue weighted by molar-refractivity contribution is 6.13. The van der Waals surface area contributed by atoms with Crippen LogP contribution in [0.4, 0.5) is 26.3 Å². The number of aromatic nitrogens is 2. The molecule has 6 aromatic carbocycles. The summed E-state index contributed by atoms with van der Waals surface area (Å²) in [6.45, 7) is 10.3. The highest BCUT2D eigenvalue weighted by atomic mass is 19.3. The molecule has 0 saturated heterocycles. The number of fused-ring (bicyclic) bond motifs is 13. The highest BCUT2D eigenvalue weighted by Gasteiger charge is 2.81. The van der Waals surface area contributed by atoms with Crippen LogP contribution in [0.2, 0.25) is 0 Å². The van der Waals surface area contributed by atoms with Gasteiger partial charge in [0.2, 0.25) is 0 Å². The fourth-order valence-corrected chi connectivity index (χ4v) is 12.3. The maximum Gasteiger partial charge on any atom is 0.380 e. The third-order valence-electron chi connectivity index (χ3n) is 15.3. The van der Waals surface area contributed by atoms with E-state index in [1.54, 1.807) is 54.6 Å². The van der Waals surface area contributed by atoms with Crippen molar-refractivity contribution in [3.8, 4) is 34.6 Å². The first-order valence-corrected chi connectivity index (χ1v) is 21.2. The van der Waals surface area contributed by atoms with Crippen LogP contribution in [0.1, 0.15) is 79.1 Å². The minimum absolute atomic E-state index is 0.0106. The van der Waals surface area contributed by atoms with E-state index in [-0.39, 0.29) is 28.0 Å². The van der Waals surface area contributed by atoms with Gasteiger partial charge < -0.3 is 9.13 Å². The van der Waals surface area contributed by atoms with Crippen molar-refractivity contribution in [2.24, 2.45) is 5.92 Å². The van der Waals surface area contributed by atoms with E-state index in [0.717, 1.165) is 33.4 Å². The van der Waals surface area contributed by atoms with Crippen molar-refractivity contribution >= 4 is 43.6 Å². The maximum absolute atomic E-state index is 17.2. The molecule has 64 heavy (non-hydrogen) atoms. The van der Waals surface area contributed by atoms with Gasteiger partial charge in [0.15, 0.2) is 0 Å². The maximum atomic E-state index is 17.2. The second-order valence-electron chi connectivity index (χ2n) is 19.1. The third kappa shape index (κ3) is 4.17. The first-order valence-electron chi connectivity index (χ1n) is 21.2. The summed E-state index contributed by atoms with van der Waals surface area (Å²) in [5, 5.41) is 24.6. The van der Waals surface area contributed by atoms with Crippen LogP contribution in [0.25, 0.3) is 66.1 Å². The topological polar surface area (TPSA) is 57.4 Å². The molecule has 0 fully saturated rings. The molecule has 10 heteroatoms. The molecule has 4 aliphatic rings. The summed E-state index contributed by atoms with van der Waals surface area (Å²) in [7, 11) is 0. The first-order chi connectivity index (χ1) is 30.4. The Morgan fingerprint density at radius 3 is 1.61 bits per heavy atom. The van der Waals surface area contributed by atoms with Crippen molar-refractivity contribution in [3.05, 3.63) is 166 Å². The fraction of sp³-hybridized carbons (Fsp3) is 0.222. The van der Waals surface area contributed by atoms with Gasteiger partial charge in [0.1, 0.15) is 12.1 Å². The molecule has 314 valence electrons. The Hall–Kier alpha value is -7.04. The van der Waals surface area contributed by atoms with Gasteiger partial charge in [-0.25, -0.2) is 0 Å². The number of nitriles is 2. The summed E-state index contributed by atoms with van der Waals surface area (Å²) < 4.78 is 104. The zero-order chi connectivity index (χ0) is 44.8. The number of hydrogen-bond acceptors (Lipinski definition) is 2. The van der Waals surface area contributed by atoms with Crippen LogP contribution >= 0.6 is 0 Å². The van der Waals surface area contributed by atoms with Gasteiger partial charge >= 0.3 is 17.8 Å². The summed E-state index contributed by atoms with van der Waals surface area (Å²) in [4.78, 5) is 0. The average molecular weight is 855 g/mol. The van der Waals surface area contributed by atoms with E-state index in [1.165, 1.54) is 9.13 Å². The predicted octanol–water partition coefficient (Wildman–Crippen LogP) is 14.1. The molecule has 0 amide bonds. The normalized spacial score (nSPS) is 22.0. The molecule has 2 unspecified atom stereocenters. The SMILES string of the molecule is CC1(C)c2ccccc2-c2cc3c4ccccc4n(-c4c(C#N)c(C#N)c(-n5c6ccccc6c6cc7c(cc65)C(C)(C)C5C=CC=CC75C)c5c4C(F)(F)C(F)(F)C5(F)F)c3cc21. The van der Waals surface area contributed by atoms with E-state index in [1.807, 2.05) is 80.6 Å². The summed E-state index contributed by atoms with van der Waals surface area (Å²) in [6.07, 6.45) is 8.22. The molecule has 2 aromatic heterocycles. The molecule has 0 bridgehead atoms. The quantitative estimate of drug-likeness (QED) is 0.163. The van der Waals surface area contributed by atoms with Crippen LogP contribution in [0.15, 0.2) is 121 Å². The van der Waals surface area contributed by atoms with Gasteiger partial charge in [0.05, 0.1) is 55.7 Å². The Kier molecular flexibility index (Phi) is 7.09. The van der Waals surface area contributed by atoms with E-state index < -0.39 is 67.6 Å². The molecule has 8 aromatic rings. The minimum Gasteiger partial charge on any atom is -0.307 e. The van der Waals surface area contributed by atoms with E-state index >= 15 is 26.3 Å². The number of allylic oxidation sites excluding steroid dienone is 4. The van der Waals surface area contributed by atoms with Crippen LogP contribution in [-0.4, -0.2) is 15.1 Å². The summed E-state index contributed by atoms with van der Waals surface area (Å²) in [5.41, 5.74) is -1.80. The second kappa shape index (κ2) is 11.7. The molecule has 0 aliphatic heterocycles. The molecule has 0 saturated carbocycles. The van der Waals surface area contributed by atoms with Crippen LogP contribution in [0.5, 0.6) is 0 Å². The Bertz CT molecular complexity index is 3660. The van der Waals surface area contributed by atoms with Gasteiger partial charge in [-0.2, -0.15) is 36.9 Å². The smallest absolute Gasteiger partial charge is 0.307 e. The van der Waals surface area contributed by atoms with Crippen molar-refractivity contribution in [3.63, 3.8) is 0 Å². The molecule has 2 heterocycles. The van der Waals surface area contributed by atoms with Gasteiger partial charge in [-0.3, -0.25) is 0 Å². The third-order valence-corrected chi connectivity index (χ3v) is 15.3. The Labute approximate surface area is 363 Å². The molecular weight excluding hydrogens is 819 g/mol. The van der Waals surface area contributed by atoms with Crippen LogP contribution in [0.3, 0.4) is 0 Å². The van der Waals surface area contributed by atoms with E-state index in [9.17, 15) is 10.5 Å². The monoisotopic (exact) mass is 854 g/mol. The molecule has 4 aliphatic carbocycles. The van der Waals surface area contributed by atoms with Crippen molar-refractivity contribution in [1.29, 1.82) is 10.5 Å². The predicted molar refractivity (Wildman–Crippen MR) is 237 cm³/mol. The minimum atomic E-state index is -5.97. The van der Waals surface area contributed by atoms with Gasteiger partial charge in [0, 0.05) is 32.4 Å². The molecule has 0 radical (unpaired) electrons. The lowest BCUT2D eigenvalue weighted by atomic mass is 9.67. The lowest BCUT2D eigenvalue weighted by Gasteiger charge is -2.36. The van der Waals surface area contributed by atoms with Gasteiger partial charge in [-0.05, 0) is 81.1 Å². The van der Waals surface area contributed by atoms with Gasteiger partial charge in [-0.1, -0.05) is 120 Å². The average Bonchev–Trinajstić information content (AvgIpc) is 3.93. The number of alkyl halides is 6. The van der Waals surface area contributed by atoms with Crippen LogP contribution in [0, 0.1) is 28.6 Å². The van der Waals surface area contributed by atoms with Gasteiger partial charge in [0.25, 0.3) is 0 Å². The standard InChI is InChI=1S/C54H36F6N4/c1-49(2)36-17-9-6-14-28(36)31-22-32-29-15-7-10-18-40(29)63(42(32)24-37(31)49)47-34(26-61)35(27-62)48(46-45(47)52(55,56)54(59,60)53(46,57)58)64-41-19-11-8-16-30(41)33-23-39-38(25-43(33)64)50(3,4)44-20-12-13-21-51(39,44)5/h6-25,44H,1-5H3. The van der Waals surface area contributed by atoms with E-state index in [2.05, 4.69) is 32.9 Å². The zero-order valence-electron chi connectivity index (χ0n) is 35.2. The lowest BCUT2D eigenvalue weighted by molar-refractivity contribution is -0.302. The number of benzene rings is 6. The fourth-order valence-electron chi connectivity index (χ4n) is 12.3. The van der Waals surface area contributed by atoms with E-state index in [4.69, 9.17) is 0 Å². The van der Waals surface area contributed by atoms with Crippen molar-refractivity contribution < 1.29 is 26.3 Å². The van der Waals surface area contributed by atoms with Crippen LogP contribution in [-0.2, 0) is 28.1 Å². The summed E-state index contributed by atoms with van der Waals surface area (Å²) >= 11 is 0. The van der Waals surface area contributed by atoms with E-state index in [0.29, 0.717) is 21.5 Å². The van der Waals surface area contributed by atoms with Gasteiger partial charge in [-0.15, -0.1) is 0 Å². The largest absolute Gasteiger partial charge is 0.380 e. The molecule has 4 nitrogen and oxygen atoms in total. The highest BCUT2D eigenvalue weighted by Crippen LogP contribution is 2.67. The van der Waals surface area contributed by atoms with Crippen molar-refractivity contribution in [1.82, 2.24) is 9.13 Å². The van der Waals surface area contributed by atoms with Crippen LogP contribution < -0.4 is 0 Å². The molecule has 2 atom stereocenters. The Balaban J connectivity index is 1.27. The first kappa shape index (κ1) is 38.6. The Morgan fingerprint density at radius 1 is 0.516 bits per heavy atom. The molecule has 0 N–H and O–H groups in total. The number of nitrogens with zero attached hydrogens (tertiary/aromatic N) is 4. The number of hydrogen-bond donors (Lipinski definition) is 0. The Morgan fingerprint density at radius 2 is 1.03 bits per heavy atom. The molecule has 12 rings (SSSR count). The lowest BCUT2D eigenvalue weighted by Crippen LogP contribution is -2.43. The van der Waals surface area contributed by atoms with Crippen molar-refractivity contribution in [2.75, 3.05) is 0 Å².